The Labute approximate surface area is 132 Å². The van der Waals surface area contributed by atoms with Crippen LogP contribution in [0, 0.1) is 5.92 Å². The number of carboxylic acid groups (broad SMARTS) is 1. The number of benzene rings is 1. The van der Waals surface area contributed by atoms with Gasteiger partial charge in [0.1, 0.15) is 5.92 Å². The first-order valence-electron chi connectivity index (χ1n) is 6.52. The fraction of sp³-hybridized carbons (Fsp3) is 0.429. The SMILES string of the molecule is CCN(C(=O)c1ccc(Cl)cc1Cl)C1COCC1C(=O)O. The molecule has 2 atom stereocenters. The van der Waals surface area contributed by atoms with Gasteiger partial charge in [-0.15, -0.1) is 0 Å². The molecular weight excluding hydrogens is 317 g/mol. The predicted molar refractivity (Wildman–Crippen MR) is 78.9 cm³/mol. The number of ether oxygens (including phenoxy) is 1. The molecule has 1 fully saturated rings. The van der Waals surface area contributed by atoms with Crippen LogP contribution in [0.5, 0.6) is 0 Å². The van der Waals surface area contributed by atoms with Gasteiger partial charge in [0.05, 0.1) is 29.8 Å². The molecule has 0 aliphatic carbocycles. The minimum Gasteiger partial charge on any atom is -0.481 e. The van der Waals surface area contributed by atoms with Crippen molar-refractivity contribution in [2.45, 2.75) is 13.0 Å². The average Bonchev–Trinajstić information content (AvgIpc) is 2.88. The molecule has 0 bridgehead atoms. The number of halogens is 2. The van der Waals surface area contributed by atoms with Crippen LogP contribution in [0.3, 0.4) is 0 Å². The number of amides is 1. The van der Waals surface area contributed by atoms with Crippen LogP contribution in [-0.4, -0.2) is 47.7 Å². The van der Waals surface area contributed by atoms with Crippen molar-refractivity contribution in [3.05, 3.63) is 33.8 Å². The van der Waals surface area contributed by atoms with Crippen LogP contribution >= 0.6 is 23.2 Å². The van der Waals surface area contributed by atoms with E-state index in [9.17, 15) is 14.7 Å². The van der Waals surface area contributed by atoms with Crippen molar-refractivity contribution >= 4 is 35.1 Å². The Morgan fingerprint density at radius 2 is 2.10 bits per heavy atom. The van der Waals surface area contributed by atoms with Crippen LogP contribution < -0.4 is 0 Å². The van der Waals surface area contributed by atoms with E-state index in [1.165, 1.54) is 11.0 Å². The van der Waals surface area contributed by atoms with Crippen molar-refractivity contribution in [1.29, 1.82) is 0 Å². The highest BCUT2D eigenvalue weighted by atomic mass is 35.5. The highest BCUT2D eigenvalue weighted by molar-refractivity contribution is 6.36. The first kappa shape index (κ1) is 16.1. The molecule has 1 N–H and O–H groups in total. The lowest BCUT2D eigenvalue weighted by Crippen LogP contribution is -2.46. The van der Waals surface area contributed by atoms with Crippen molar-refractivity contribution in [2.75, 3.05) is 19.8 Å². The van der Waals surface area contributed by atoms with Crippen LogP contribution in [0.25, 0.3) is 0 Å². The van der Waals surface area contributed by atoms with Gasteiger partial charge >= 0.3 is 5.97 Å². The van der Waals surface area contributed by atoms with E-state index in [-0.39, 0.29) is 24.1 Å². The van der Waals surface area contributed by atoms with E-state index in [1.807, 2.05) is 0 Å². The van der Waals surface area contributed by atoms with Gasteiger partial charge in [-0.1, -0.05) is 23.2 Å². The molecule has 0 spiro atoms. The Morgan fingerprint density at radius 1 is 1.38 bits per heavy atom. The van der Waals surface area contributed by atoms with E-state index in [1.54, 1.807) is 19.1 Å². The third-order valence-electron chi connectivity index (χ3n) is 3.53. The van der Waals surface area contributed by atoms with Gasteiger partial charge in [-0.2, -0.15) is 0 Å². The summed E-state index contributed by atoms with van der Waals surface area (Å²) in [6.45, 7) is 2.48. The van der Waals surface area contributed by atoms with Crippen molar-refractivity contribution in [3.8, 4) is 0 Å². The molecule has 21 heavy (non-hydrogen) atoms. The minimum atomic E-state index is -0.967. The molecular formula is C14H15Cl2NO4. The van der Waals surface area contributed by atoms with Gasteiger partial charge < -0.3 is 14.7 Å². The first-order chi connectivity index (χ1) is 9.95. The van der Waals surface area contributed by atoms with Crippen molar-refractivity contribution in [3.63, 3.8) is 0 Å². The molecule has 0 saturated carbocycles. The fourth-order valence-electron chi connectivity index (χ4n) is 2.43. The highest BCUT2D eigenvalue weighted by Crippen LogP contribution is 2.26. The number of likely N-dealkylation sites (N-methyl/N-ethyl adjacent to an activating group) is 1. The second-order valence-corrected chi connectivity index (χ2v) is 5.61. The van der Waals surface area contributed by atoms with Gasteiger partial charge in [0.15, 0.2) is 0 Å². The standard InChI is InChI=1S/C14H15Cl2NO4/c1-2-17(12-7-21-6-10(12)14(19)20)13(18)9-4-3-8(15)5-11(9)16/h3-5,10,12H,2,6-7H2,1H3,(H,19,20). The highest BCUT2D eigenvalue weighted by Gasteiger charge is 2.39. The predicted octanol–water partition coefficient (Wildman–Crippen LogP) is 2.56. The Morgan fingerprint density at radius 3 is 2.67 bits per heavy atom. The molecule has 5 nitrogen and oxygen atoms in total. The van der Waals surface area contributed by atoms with Gasteiger partial charge in [0, 0.05) is 11.6 Å². The summed E-state index contributed by atoms with van der Waals surface area (Å²) in [7, 11) is 0. The molecule has 1 aliphatic rings. The van der Waals surface area contributed by atoms with Crippen LogP contribution in [0.2, 0.25) is 10.0 Å². The molecule has 1 aromatic carbocycles. The largest absolute Gasteiger partial charge is 0.481 e. The lowest BCUT2D eigenvalue weighted by molar-refractivity contribution is -0.142. The lowest BCUT2D eigenvalue weighted by Gasteiger charge is -2.29. The van der Waals surface area contributed by atoms with E-state index in [2.05, 4.69) is 0 Å². The lowest BCUT2D eigenvalue weighted by atomic mass is 10.0. The number of hydrogen-bond acceptors (Lipinski definition) is 3. The van der Waals surface area contributed by atoms with Gasteiger partial charge in [0.2, 0.25) is 0 Å². The zero-order valence-electron chi connectivity index (χ0n) is 11.4. The molecule has 1 heterocycles. The molecule has 2 rings (SSSR count). The number of carbonyl (C=O) groups is 2. The second-order valence-electron chi connectivity index (χ2n) is 4.76. The summed E-state index contributed by atoms with van der Waals surface area (Å²) in [4.78, 5) is 25.3. The van der Waals surface area contributed by atoms with Crippen LogP contribution in [-0.2, 0) is 9.53 Å². The number of carbonyl (C=O) groups excluding carboxylic acids is 1. The fourth-order valence-corrected chi connectivity index (χ4v) is 2.92. The molecule has 1 saturated heterocycles. The molecule has 7 heteroatoms. The van der Waals surface area contributed by atoms with Crippen LogP contribution in [0.15, 0.2) is 18.2 Å². The van der Waals surface area contributed by atoms with Crippen LogP contribution in [0.4, 0.5) is 0 Å². The van der Waals surface area contributed by atoms with Gasteiger partial charge in [-0.25, -0.2) is 0 Å². The normalized spacial score (nSPS) is 21.3. The third kappa shape index (κ3) is 3.31. The molecule has 0 radical (unpaired) electrons. The Balaban J connectivity index is 2.28. The smallest absolute Gasteiger partial charge is 0.311 e. The molecule has 1 amide bonds. The molecule has 1 aliphatic heterocycles. The summed E-state index contributed by atoms with van der Waals surface area (Å²) in [6, 6.07) is 4.12. The second kappa shape index (κ2) is 6.64. The van der Waals surface area contributed by atoms with Gasteiger partial charge in [-0.05, 0) is 25.1 Å². The van der Waals surface area contributed by atoms with E-state index >= 15 is 0 Å². The number of carboxylic acids is 1. The van der Waals surface area contributed by atoms with Crippen molar-refractivity contribution < 1.29 is 19.4 Å². The van der Waals surface area contributed by atoms with Crippen molar-refractivity contribution in [2.24, 2.45) is 5.92 Å². The zero-order chi connectivity index (χ0) is 15.6. The van der Waals surface area contributed by atoms with E-state index in [0.29, 0.717) is 17.1 Å². The molecule has 1 aromatic rings. The van der Waals surface area contributed by atoms with Crippen LogP contribution in [0.1, 0.15) is 17.3 Å². The van der Waals surface area contributed by atoms with Crippen molar-refractivity contribution in [1.82, 2.24) is 4.90 Å². The van der Waals surface area contributed by atoms with Gasteiger partial charge in [-0.3, -0.25) is 9.59 Å². The number of hydrogen-bond donors (Lipinski definition) is 1. The monoisotopic (exact) mass is 331 g/mol. The number of aliphatic carboxylic acids is 1. The maximum atomic E-state index is 12.6. The minimum absolute atomic E-state index is 0.109. The zero-order valence-corrected chi connectivity index (χ0v) is 12.9. The Kier molecular flexibility index (Phi) is 5.08. The van der Waals surface area contributed by atoms with E-state index in [0.717, 1.165) is 0 Å². The first-order valence-corrected chi connectivity index (χ1v) is 7.27. The quantitative estimate of drug-likeness (QED) is 0.920. The summed E-state index contributed by atoms with van der Waals surface area (Å²) < 4.78 is 5.22. The summed E-state index contributed by atoms with van der Waals surface area (Å²) in [5.41, 5.74) is 0.305. The summed E-state index contributed by atoms with van der Waals surface area (Å²) in [6.07, 6.45) is 0. The summed E-state index contributed by atoms with van der Waals surface area (Å²) >= 11 is 11.9. The maximum Gasteiger partial charge on any atom is 0.311 e. The summed E-state index contributed by atoms with van der Waals surface area (Å²) in [5.74, 6) is -2.01. The third-order valence-corrected chi connectivity index (χ3v) is 4.08. The Bertz CT molecular complexity index is 564. The number of nitrogens with zero attached hydrogens (tertiary/aromatic N) is 1. The average molecular weight is 332 g/mol. The topological polar surface area (TPSA) is 66.8 Å². The van der Waals surface area contributed by atoms with E-state index < -0.39 is 17.9 Å². The molecule has 0 aromatic heterocycles. The van der Waals surface area contributed by atoms with Gasteiger partial charge in [0.25, 0.3) is 5.91 Å². The van der Waals surface area contributed by atoms with E-state index in [4.69, 9.17) is 27.9 Å². The molecule has 114 valence electrons. The number of rotatable bonds is 4. The molecule has 2 unspecified atom stereocenters. The maximum absolute atomic E-state index is 12.6. The summed E-state index contributed by atoms with van der Waals surface area (Å²) in [5, 5.41) is 9.89. The Hall–Kier alpha value is -1.30.